The van der Waals surface area contributed by atoms with Gasteiger partial charge in [-0.2, -0.15) is 18.4 Å². The van der Waals surface area contributed by atoms with Crippen molar-refractivity contribution in [2.45, 2.75) is 20.0 Å². The van der Waals surface area contributed by atoms with E-state index in [0.717, 1.165) is 0 Å². The van der Waals surface area contributed by atoms with Crippen LogP contribution < -0.4 is 5.56 Å². The SMILES string of the molecule is Cc1cc(-c2cc(C)c(F)c(C(F)(F)F)c2)c(C#N)c(=O)[nH]1. The first-order chi connectivity index (χ1) is 10.1. The zero-order chi connectivity index (χ0) is 16.7. The summed E-state index contributed by atoms with van der Waals surface area (Å²) >= 11 is 0. The second-order valence-corrected chi connectivity index (χ2v) is 4.83. The topological polar surface area (TPSA) is 56.6 Å². The Morgan fingerprint density at radius 1 is 1.18 bits per heavy atom. The van der Waals surface area contributed by atoms with Gasteiger partial charge < -0.3 is 4.98 Å². The third-order valence-corrected chi connectivity index (χ3v) is 3.15. The molecule has 0 amide bonds. The van der Waals surface area contributed by atoms with Crippen LogP contribution in [0.3, 0.4) is 0 Å². The number of nitrogens with zero attached hydrogens (tertiary/aromatic N) is 1. The van der Waals surface area contributed by atoms with Gasteiger partial charge in [0.15, 0.2) is 0 Å². The van der Waals surface area contributed by atoms with E-state index in [9.17, 15) is 22.4 Å². The quantitative estimate of drug-likeness (QED) is 0.817. The Morgan fingerprint density at radius 3 is 2.36 bits per heavy atom. The Labute approximate surface area is 122 Å². The molecule has 2 rings (SSSR count). The number of nitriles is 1. The van der Waals surface area contributed by atoms with Gasteiger partial charge in [-0.3, -0.25) is 4.79 Å². The molecule has 1 heterocycles. The Hall–Kier alpha value is -2.62. The van der Waals surface area contributed by atoms with Gasteiger partial charge in [0.1, 0.15) is 17.4 Å². The van der Waals surface area contributed by atoms with Gasteiger partial charge in [-0.15, -0.1) is 0 Å². The number of hydrogen-bond donors (Lipinski definition) is 1. The van der Waals surface area contributed by atoms with E-state index in [2.05, 4.69) is 4.98 Å². The summed E-state index contributed by atoms with van der Waals surface area (Å²) < 4.78 is 52.4. The van der Waals surface area contributed by atoms with Gasteiger partial charge in [0.05, 0.1) is 5.56 Å². The standard InChI is InChI=1S/C15H10F4N2O/c1-7-3-9(5-12(13(7)16)15(17,18)19)10-4-8(2)21-14(22)11(10)6-20/h3-5H,1-2H3,(H,21,22). The number of hydrogen-bond acceptors (Lipinski definition) is 2. The van der Waals surface area contributed by atoms with Gasteiger partial charge in [0.2, 0.25) is 0 Å². The zero-order valence-corrected chi connectivity index (χ0v) is 11.6. The van der Waals surface area contributed by atoms with E-state index in [1.165, 1.54) is 26.0 Å². The fourth-order valence-corrected chi connectivity index (χ4v) is 2.16. The molecule has 0 aliphatic rings. The minimum Gasteiger partial charge on any atom is -0.325 e. The normalized spacial score (nSPS) is 11.3. The summed E-state index contributed by atoms with van der Waals surface area (Å²) in [5.74, 6) is -1.36. The van der Waals surface area contributed by atoms with Crippen LogP contribution in [0.4, 0.5) is 17.6 Å². The van der Waals surface area contributed by atoms with Crippen molar-refractivity contribution in [3.63, 3.8) is 0 Å². The Bertz CT molecular complexity index is 844. The first-order valence-corrected chi connectivity index (χ1v) is 6.17. The molecule has 0 atom stereocenters. The van der Waals surface area contributed by atoms with Crippen LogP contribution in [0.2, 0.25) is 0 Å². The molecule has 3 nitrogen and oxygen atoms in total. The van der Waals surface area contributed by atoms with E-state index in [4.69, 9.17) is 5.26 Å². The van der Waals surface area contributed by atoms with Gasteiger partial charge >= 0.3 is 6.18 Å². The summed E-state index contributed by atoms with van der Waals surface area (Å²) in [7, 11) is 0. The minimum atomic E-state index is -4.87. The summed E-state index contributed by atoms with van der Waals surface area (Å²) in [4.78, 5) is 14.1. The monoisotopic (exact) mass is 310 g/mol. The molecule has 1 aromatic carbocycles. The Balaban J connectivity index is 2.83. The molecule has 1 aromatic heterocycles. The molecule has 0 aliphatic heterocycles. The largest absolute Gasteiger partial charge is 0.419 e. The third-order valence-electron chi connectivity index (χ3n) is 3.15. The summed E-state index contributed by atoms with van der Waals surface area (Å²) in [6.07, 6.45) is -4.87. The lowest BCUT2D eigenvalue weighted by atomic mass is 9.96. The fraction of sp³-hybridized carbons (Fsp3) is 0.200. The summed E-state index contributed by atoms with van der Waals surface area (Å²) in [5.41, 5.74) is -2.27. The van der Waals surface area contributed by atoms with Crippen molar-refractivity contribution in [2.75, 3.05) is 0 Å². The maximum absolute atomic E-state index is 13.7. The van der Waals surface area contributed by atoms with Crippen molar-refractivity contribution < 1.29 is 17.6 Å². The zero-order valence-electron chi connectivity index (χ0n) is 11.6. The molecule has 0 radical (unpaired) electrons. The van der Waals surface area contributed by atoms with E-state index < -0.39 is 23.1 Å². The van der Waals surface area contributed by atoms with Crippen molar-refractivity contribution in [3.8, 4) is 17.2 Å². The van der Waals surface area contributed by atoms with E-state index in [1.807, 2.05) is 0 Å². The highest BCUT2D eigenvalue weighted by atomic mass is 19.4. The average Bonchev–Trinajstić information content (AvgIpc) is 2.39. The highest BCUT2D eigenvalue weighted by Gasteiger charge is 2.35. The number of halogens is 4. The lowest BCUT2D eigenvalue weighted by Gasteiger charge is -2.13. The second-order valence-electron chi connectivity index (χ2n) is 4.83. The van der Waals surface area contributed by atoms with Gasteiger partial charge in [0, 0.05) is 11.3 Å². The number of aromatic amines is 1. The molecule has 0 spiro atoms. The van der Waals surface area contributed by atoms with Crippen molar-refractivity contribution >= 4 is 0 Å². The van der Waals surface area contributed by atoms with Crippen molar-refractivity contribution in [1.29, 1.82) is 5.26 Å². The van der Waals surface area contributed by atoms with Crippen LogP contribution in [0, 0.1) is 31.0 Å². The lowest BCUT2D eigenvalue weighted by Crippen LogP contribution is -2.14. The average molecular weight is 310 g/mol. The number of alkyl halides is 3. The Morgan fingerprint density at radius 2 is 1.82 bits per heavy atom. The van der Waals surface area contributed by atoms with Gasteiger partial charge in [-0.05, 0) is 43.2 Å². The number of aromatic nitrogens is 1. The summed E-state index contributed by atoms with van der Waals surface area (Å²) in [6, 6.07) is 4.83. The number of nitrogens with one attached hydrogen (secondary N) is 1. The van der Waals surface area contributed by atoms with Crippen LogP contribution in [0.1, 0.15) is 22.4 Å². The molecular weight excluding hydrogens is 300 g/mol. The number of benzene rings is 1. The van der Waals surface area contributed by atoms with Crippen LogP contribution in [0.25, 0.3) is 11.1 Å². The van der Waals surface area contributed by atoms with Crippen LogP contribution in [-0.4, -0.2) is 4.98 Å². The van der Waals surface area contributed by atoms with E-state index in [0.29, 0.717) is 11.8 Å². The Kier molecular flexibility index (Phi) is 3.79. The molecule has 0 aliphatic carbocycles. The first-order valence-electron chi connectivity index (χ1n) is 6.17. The van der Waals surface area contributed by atoms with E-state index >= 15 is 0 Å². The molecule has 0 unspecified atom stereocenters. The predicted molar refractivity (Wildman–Crippen MR) is 71.6 cm³/mol. The fourth-order valence-electron chi connectivity index (χ4n) is 2.16. The maximum atomic E-state index is 13.7. The van der Waals surface area contributed by atoms with Gasteiger partial charge in [-0.25, -0.2) is 4.39 Å². The number of rotatable bonds is 1. The van der Waals surface area contributed by atoms with E-state index in [1.54, 1.807) is 6.07 Å². The van der Waals surface area contributed by atoms with Gasteiger partial charge in [0.25, 0.3) is 5.56 Å². The number of pyridine rings is 1. The van der Waals surface area contributed by atoms with Crippen molar-refractivity contribution in [2.24, 2.45) is 0 Å². The molecule has 2 aromatic rings. The number of H-pyrrole nitrogens is 1. The summed E-state index contributed by atoms with van der Waals surface area (Å²) in [6.45, 7) is 2.73. The highest BCUT2D eigenvalue weighted by Crippen LogP contribution is 2.36. The first kappa shape index (κ1) is 15.8. The van der Waals surface area contributed by atoms with Gasteiger partial charge in [-0.1, -0.05) is 0 Å². The molecule has 0 saturated heterocycles. The second kappa shape index (κ2) is 5.30. The summed E-state index contributed by atoms with van der Waals surface area (Å²) in [5, 5.41) is 9.04. The van der Waals surface area contributed by atoms with Crippen LogP contribution in [0.5, 0.6) is 0 Å². The third kappa shape index (κ3) is 2.72. The molecule has 0 bridgehead atoms. The molecule has 1 N–H and O–H groups in total. The van der Waals surface area contributed by atoms with Crippen LogP contribution >= 0.6 is 0 Å². The van der Waals surface area contributed by atoms with Crippen LogP contribution in [0.15, 0.2) is 23.0 Å². The maximum Gasteiger partial charge on any atom is 0.419 e. The minimum absolute atomic E-state index is 0.0306. The molecule has 22 heavy (non-hydrogen) atoms. The molecule has 0 saturated carbocycles. The van der Waals surface area contributed by atoms with Crippen LogP contribution in [-0.2, 0) is 6.18 Å². The molecule has 7 heteroatoms. The smallest absolute Gasteiger partial charge is 0.325 e. The van der Waals surface area contributed by atoms with Crippen molar-refractivity contribution in [3.05, 3.63) is 56.8 Å². The predicted octanol–water partition coefficient (Wildman–Crippen LogP) is 3.69. The molecule has 114 valence electrons. The van der Waals surface area contributed by atoms with Crippen molar-refractivity contribution in [1.82, 2.24) is 4.98 Å². The molecular formula is C15H10F4N2O. The van der Waals surface area contributed by atoms with E-state index in [-0.39, 0.29) is 22.3 Å². The molecule has 0 fully saturated rings. The number of aryl methyl sites for hydroxylation is 2. The lowest BCUT2D eigenvalue weighted by molar-refractivity contribution is -0.140. The highest BCUT2D eigenvalue weighted by molar-refractivity contribution is 5.71.